The summed E-state index contributed by atoms with van der Waals surface area (Å²) >= 11 is 0. The quantitative estimate of drug-likeness (QED) is 0.763. The second-order valence-corrected chi connectivity index (χ2v) is 8.38. The van der Waals surface area contributed by atoms with Gasteiger partial charge in [0.15, 0.2) is 0 Å². The Bertz CT molecular complexity index is 885. The average Bonchev–Trinajstić information content (AvgIpc) is 2.71. The minimum absolute atomic E-state index is 0.152. The van der Waals surface area contributed by atoms with Crippen LogP contribution in [-0.4, -0.2) is 47.0 Å². The molecule has 1 aliphatic rings. The Kier molecular flexibility index (Phi) is 6.56. The standard InChI is InChI=1S/C24H34N4O/c1-7-17(3)23-25-19(5)22(15-21-14-16(2)8-9-18(21)4)24(26-23)28-12-10-27(11-13-28)20(6)29/h8-9,14,17H,7,10-13,15H2,1-6H3. The lowest BCUT2D eigenvalue weighted by atomic mass is 9.97. The van der Waals surface area contributed by atoms with Crippen LogP contribution in [0.4, 0.5) is 5.82 Å². The number of amides is 1. The van der Waals surface area contributed by atoms with E-state index in [2.05, 4.69) is 57.7 Å². The average molecular weight is 395 g/mol. The van der Waals surface area contributed by atoms with Crippen molar-refractivity contribution in [1.82, 2.24) is 14.9 Å². The molecule has 0 saturated carbocycles. The lowest BCUT2D eigenvalue weighted by Gasteiger charge is -2.36. The Labute approximate surface area is 175 Å². The number of hydrogen-bond donors (Lipinski definition) is 0. The van der Waals surface area contributed by atoms with Crippen LogP contribution in [0, 0.1) is 20.8 Å². The van der Waals surface area contributed by atoms with E-state index in [0.717, 1.165) is 56.4 Å². The summed E-state index contributed by atoms with van der Waals surface area (Å²) in [5.74, 6) is 2.47. The monoisotopic (exact) mass is 394 g/mol. The van der Waals surface area contributed by atoms with Gasteiger partial charge in [0.05, 0.1) is 0 Å². The van der Waals surface area contributed by atoms with Gasteiger partial charge in [-0.3, -0.25) is 4.79 Å². The second-order valence-electron chi connectivity index (χ2n) is 8.38. The molecule has 29 heavy (non-hydrogen) atoms. The fourth-order valence-corrected chi connectivity index (χ4v) is 3.89. The first-order chi connectivity index (χ1) is 13.8. The first-order valence-electron chi connectivity index (χ1n) is 10.7. The number of anilines is 1. The normalized spacial score (nSPS) is 15.5. The van der Waals surface area contributed by atoms with Crippen LogP contribution in [0.2, 0.25) is 0 Å². The molecule has 2 aromatic rings. The fourth-order valence-electron chi connectivity index (χ4n) is 3.89. The number of benzene rings is 1. The topological polar surface area (TPSA) is 49.3 Å². The number of aryl methyl sites for hydroxylation is 3. The first-order valence-corrected chi connectivity index (χ1v) is 10.7. The van der Waals surface area contributed by atoms with E-state index in [0.29, 0.717) is 5.92 Å². The van der Waals surface area contributed by atoms with Crippen molar-refractivity contribution in [3.63, 3.8) is 0 Å². The van der Waals surface area contributed by atoms with Gasteiger partial charge in [0.2, 0.25) is 5.91 Å². The van der Waals surface area contributed by atoms with Crippen molar-refractivity contribution in [2.75, 3.05) is 31.1 Å². The van der Waals surface area contributed by atoms with Crippen molar-refractivity contribution in [3.05, 3.63) is 52.0 Å². The van der Waals surface area contributed by atoms with Crippen LogP contribution in [-0.2, 0) is 11.2 Å². The molecule has 0 spiro atoms. The van der Waals surface area contributed by atoms with Crippen molar-refractivity contribution in [3.8, 4) is 0 Å². The van der Waals surface area contributed by atoms with E-state index < -0.39 is 0 Å². The van der Waals surface area contributed by atoms with Gasteiger partial charge in [-0.05, 0) is 38.3 Å². The molecule has 3 rings (SSSR count). The Morgan fingerprint density at radius 2 is 1.79 bits per heavy atom. The Morgan fingerprint density at radius 1 is 1.10 bits per heavy atom. The Hall–Kier alpha value is -2.43. The van der Waals surface area contributed by atoms with Gasteiger partial charge in [-0.1, -0.05) is 37.6 Å². The van der Waals surface area contributed by atoms with Gasteiger partial charge in [-0.15, -0.1) is 0 Å². The number of piperazine rings is 1. The van der Waals surface area contributed by atoms with Crippen molar-refractivity contribution in [1.29, 1.82) is 0 Å². The number of carbonyl (C=O) groups is 1. The molecule has 1 amide bonds. The molecule has 0 aliphatic carbocycles. The lowest BCUT2D eigenvalue weighted by Crippen LogP contribution is -2.48. The largest absolute Gasteiger partial charge is 0.353 e. The lowest BCUT2D eigenvalue weighted by molar-refractivity contribution is -0.129. The zero-order valence-corrected chi connectivity index (χ0v) is 18.7. The van der Waals surface area contributed by atoms with Crippen molar-refractivity contribution in [2.45, 2.75) is 60.3 Å². The molecular weight excluding hydrogens is 360 g/mol. The number of hydrogen-bond acceptors (Lipinski definition) is 4. The third-order valence-electron chi connectivity index (χ3n) is 6.16. The summed E-state index contributed by atoms with van der Waals surface area (Å²) in [4.78, 5) is 26.0. The van der Waals surface area contributed by atoms with Gasteiger partial charge >= 0.3 is 0 Å². The first kappa shape index (κ1) is 21.3. The van der Waals surface area contributed by atoms with E-state index >= 15 is 0 Å². The minimum Gasteiger partial charge on any atom is -0.353 e. The van der Waals surface area contributed by atoms with Crippen LogP contribution >= 0.6 is 0 Å². The molecular formula is C24H34N4O. The summed E-state index contributed by atoms with van der Waals surface area (Å²) in [7, 11) is 0. The van der Waals surface area contributed by atoms with Gasteiger partial charge in [0, 0.05) is 56.7 Å². The van der Waals surface area contributed by atoms with Crippen LogP contribution < -0.4 is 4.90 Å². The molecule has 1 aromatic carbocycles. The van der Waals surface area contributed by atoms with E-state index in [1.165, 1.54) is 22.3 Å². The summed E-state index contributed by atoms with van der Waals surface area (Å²) < 4.78 is 0. The molecule has 1 saturated heterocycles. The van der Waals surface area contributed by atoms with Gasteiger partial charge in [0.25, 0.3) is 0 Å². The van der Waals surface area contributed by atoms with Crippen LogP contribution in [0.25, 0.3) is 0 Å². The molecule has 1 fully saturated rings. The van der Waals surface area contributed by atoms with Crippen molar-refractivity contribution >= 4 is 11.7 Å². The smallest absolute Gasteiger partial charge is 0.219 e. The molecule has 5 nitrogen and oxygen atoms in total. The van der Waals surface area contributed by atoms with Crippen LogP contribution in [0.1, 0.15) is 66.9 Å². The maximum atomic E-state index is 11.7. The Morgan fingerprint density at radius 3 is 2.41 bits per heavy atom. The maximum absolute atomic E-state index is 11.7. The highest BCUT2D eigenvalue weighted by Crippen LogP contribution is 2.29. The molecule has 1 unspecified atom stereocenters. The van der Waals surface area contributed by atoms with Crippen LogP contribution in [0.3, 0.4) is 0 Å². The molecule has 1 atom stereocenters. The number of aromatic nitrogens is 2. The highest BCUT2D eigenvalue weighted by molar-refractivity contribution is 5.73. The highest BCUT2D eigenvalue weighted by atomic mass is 16.2. The molecule has 2 heterocycles. The fraction of sp³-hybridized carbons (Fsp3) is 0.542. The highest BCUT2D eigenvalue weighted by Gasteiger charge is 2.24. The zero-order valence-electron chi connectivity index (χ0n) is 18.7. The number of carbonyl (C=O) groups excluding carboxylic acids is 1. The SMILES string of the molecule is CCC(C)c1nc(C)c(Cc2cc(C)ccc2C)c(N2CCN(C(C)=O)CC2)n1. The molecule has 0 radical (unpaired) electrons. The zero-order chi connectivity index (χ0) is 21.1. The molecule has 0 N–H and O–H groups in total. The van der Waals surface area contributed by atoms with E-state index in [1.807, 2.05) is 4.90 Å². The summed E-state index contributed by atoms with van der Waals surface area (Å²) in [6.45, 7) is 15.6. The van der Waals surface area contributed by atoms with E-state index in [-0.39, 0.29) is 5.91 Å². The summed E-state index contributed by atoms with van der Waals surface area (Å²) in [6.07, 6.45) is 1.86. The second kappa shape index (κ2) is 8.93. The maximum Gasteiger partial charge on any atom is 0.219 e. The van der Waals surface area contributed by atoms with Crippen LogP contribution in [0.5, 0.6) is 0 Å². The minimum atomic E-state index is 0.152. The van der Waals surface area contributed by atoms with Gasteiger partial charge in [-0.25, -0.2) is 9.97 Å². The summed E-state index contributed by atoms with van der Waals surface area (Å²) in [6, 6.07) is 6.63. The van der Waals surface area contributed by atoms with Gasteiger partial charge in [-0.2, -0.15) is 0 Å². The van der Waals surface area contributed by atoms with E-state index in [9.17, 15) is 4.79 Å². The molecule has 0 bridgehead atoms. The molecule has 1 aromatic heterocycles. The van der Waals surface area contributed by atoms with Gasteiger partial charge < -0.3 is 9.80 Å². The van der Waals surface area contributed by atoms with Crippen molar-refractivity contribution < 1.29 is 4.79 Å². The summed E-state index contributed by atoms with van der Waals surface area (Å²) in [5.41, 5.74) is 6.18. The summed E-state index contributed by atoms with van der Waals surface area (Å²) in [5, 5.41) is 0. The molecule has 1 aliphatic heterocycles. The van der Waals surface area contributed by atoms with Gasteiger partial charge in [0.1, 0.15) is 11.6 Å². The Balaban J connectivity index is 2.00. The number of rotatable bonds is 5. The predicted molar refractivity (Wildman–Crippen MR) is 119 cm³/mol. The van der Waals surface area contributed by atoms with Crippen molar-refractivity contribution in [2.24, 2.45) is 0 Å². The molecule has 156 valence electrons. The predicted octanol–water partition coefficient (Wildman–Crippen LogP) is 4.17. The van der Waals surface area contributed by atoms with E-state index in [1.54, 1.807) is 6.92 Å². The third kappa shape index (κ3) is 4.77. The molecule has 5 heteroatoms. The number of nitrogens with zero attached hydrogens (tertiary/aromatic N) is 4. The van der Waals surface area contributed by atoms with E-state index in [4.69, 9.17) is 9.97 Å². The van der Waals surface area contributed by atoms with Crippen LogP contribution in [0.15, 0.2) is 18.2 Å². The third-order valence-corrected chi connectivity index (χ3v) is 6.16.